The summed E-state index contributed by atoms with van der Waals surface area (Å²) in [5.74, 6) is -1.27. The van der Waals surface area contributed by atoms with Crippen LogP contribution in [-0.2, 0) is 16.1 Å². The molecule has 1 saturated heterocycles. The van der Waals surface area contributed by atoms with Crippen molar-refractivity contribution in [1.82, 2.24) is 10.2 Å². The molecule has 0 aliphatic carbocycles. The van der Waals surface area contributed by atoms with Gasteiger partial charge in [-0.2, -0.15) is 0 Å². The van der Waals surface area contributed by atoms with Gasteiger partial charge in [-0.15, -0.1) is 0 Å². The predicted octanol–water partition coefficient (Wildman–Crippen LogP) is 3.06. The van der Waals surface area contributed by atoms with Crippen molar-refractivity contribution in [2.45, 2.75) is 25.4 Å². The van der Waals surface area contributed by atoms with Crippen LogP contribution in [0.2, 0.25) is 5.02 Å². The van der Waals surface area contributed by atoms with E-state index in [-0.39, 0.29) is 6.04 Å². The molecule has 136 valence electrons. The number of amides is 2. The van der Waals surface area contributed by atoms with Crippen molar-refractivity contribution < 1.29 is 9.59 Å². The molecule has 0 saturated carbocycles. The largest absolute Gasteiger partial charge is 0.345 e. The third kappa shape index (κ3) is 5.31. The van der Waals surface area contributed by atoms with Crippen LogP contribution in [0.5, 0.6) is 0 Å². The zero-order valence-electron chi connectivity index (χ0n) is 14.5. The summed E-state index contributed by atoms with van der Waals surface area (Å²) < 4.78 is 0. The van der Waals surface area contributed by atoms with E-state index in [9.17, 15) is 9.59 Å². The van der Waals surface area contributed by atoms with E-state index in [1.807, 2.05) is 18.2 Å². The van der Waals surface area contributed by atoms with Gasteiger partial charge in [-0.3, -0.25) is 14.5 Å². The molecule has 2 amide bonds. The van der Waals surface area contributed by atoms with Gasteiger partial charge in [0.2, 0.25) is 0 Å². The molecule has 1 fully saturated rings. The first-order chi connectivity index (χ1) is 12.6. The summed E-state index contributed by atoms with van der Waals surface area (Å²) in [6.45, 7) is 2.71. The van der Waals surface area contributed by atoms with Crippen LogP contribution in [0.4, 0.5) is 5.69 Å². The molecule has 0 radical (unpaired) electrons. The van der Waals surface area contributed by atoms with E-state index < -0.39 is 11.8 Å². The lowest BCUT2D eigenvalue weighted by molar-refractivity contribution is -0.136. The van der Waals surface area contributed by atoms with Crippen molar-refractivity contribution in [3.05, 3.63) is 65.2 Å². The Balaban J connectivity index is 1.43. The van der Waals surface area contributed by atoms with Crippen LogP contribution in [0.3, 0.4) is 0 Å². The monoisotopic (exact) mass is 371 g/mol. The normalized spacial score (nSPS) is 15.4. The first kappa shape index (κ1) is 18.4. The van der Waals surface area contributed by atoms with Gasteiger partial charge in [-0.05, 0) is 36.6 Å². The molecular weight excluding hydrogens is 350 g/mol. The topological polar surface area (TPSA) is 61.4 Å². The maximum atomic E-state index is 12.1. The molecule has 1 heterocycles. The number of carbonyl (C=O) groups is 2. The summed E-state index contributed by atoms with van der Waals surface area (Å²) in [4.78, 5) is 26.5. The Bertz CT molecular complexity index is 759. The average molecular weight is 372 g/mol. The molecule has 2 N–H and O–H groups in total. The second kappa shape index (κ2) is 8.83. The lowest BCUT2D eigenvalue weighted by Crippen LogP contribution is -2.47. The third-order valence-electron chi connectivity index (χ3n) is 4.46. The highest BCUT2D eigenvalue weighted by molar-refractivity contribution is 6.40. The first-order valence-corrected chi connectivity index (χ1v) is 9.11. The molecule has 26 heavy (non-hydrogen) atoms. The molecule has 0 bridgehead atoms. The number of piperidine rings is 1. The van der Waals surface area contributed by atoms with Crippen molar-refractivity contribution >= 4 is 29.1 Å². The predicted molar refractivity (Wildman–Crippen MR) is 103 cm³/mol. The number of benzene rings is 2. The number of rotatable bonds is 4. The zero-order valence-corrected chi connectivity index (χ0v) is 15.2. The van der Waals surface area contributed by atoms with E-state index in [0.717, 1.165) is 32.5 Å². The Hall–Kier alpha value is -2.37. The summed E-state index contributed by atoms with van der Waals surface area (Å²) in [6.07, 6.45) is 1.67. The molecule has 0 aromatic heterocycles. The van der Waals surface area contributed by atoms with Gasteiger partial charge >= 0.3 is 11.8 Å². The molecule has 5 nitrogen and oxygen atoms in total. The second-order valence-electron chi connectivity index (χ2n) is 6.47. The minimum Gasteiger partial charge on any atom is -0.345 e. The van der Waals surface area contributed by atoms with Gasteiger partial charge in [0, 0.05) is 36.4 Å². The molecule has 6 heteroatoms. The summed E-state index contributed by atoms with van der Waals surface area (Å²) in [6, 6.07) is 17.1. The number of halogens is 1. The number of carbonyl (C=O) groups excluding carboxylic acids is 2. The molecular formula is C20H22ClN3O2. The summed E-state index contributed by atoms with van der Waals surface area (Å²) in [7, 11) is 0. The fourth-order valence-corrected chi connectivity index (χ4v) is 3.27. The molecule has 2 aromatic carbocycles. The minimum atomic E-state index is -0.668. The van der Waals surface area contributed by atoms with Crippen molar-refractivity contribution in [3.63, 3.8) is 0 Å². The standard InChI is InChI=1S/C20H22ClN3O2/c21-16-7-4-8-18(13-16)23-20(26)19(25)22-17-9-11-24(12-10-17)14-15-5-2-1-3-6-15/h1-8,13,17H,9-12,14H2,(H,22,25)(H,23,26). The van der Waals surface area contributed by atoms with Gasteiger partial charge in [0.1, 0.15) is 0 Å². The van der Waals surface area contributed by atoms with E-state index in [2.05, 4.69) is 27.7 Å². The van der Waals surface area contributed by atoms with E-state index in [1.165, 1.54) is 5.56 Å². The van der Waals surface area contributed by atoms with E-state index in [0.29, 0.717) is 10.7 Å². The maximum absolute atomic E-state index is 12.1. The van der Waals surface area contributed by atoms with E-state index in [1.54, 1.807) is 24.3 Å². The number of hydrogen-bond donors (Lipinski definition) is 2. The average Bonchev–Trinajstić information content (AvgIpc) is 2.64. The highest BCUT2D eigenvalue weighted by Gasteiger charge is 2.23. The SMILES string of the molecule is O=C(Nc1cccc(Cl)c1)C(=O)NC1CCN(Cc2ccccc2)CC1. The molecule has 0 unspecified atom stereocenters. The Labute approximate surface area is 158 Å². The van der Waals surface area contributed by atoms with Gasteiger partial charge in [-0.25, -0.2) is 0 Å². The highest BCUT2D eigenvalue weighted by Crippen LogP contribution is 2.16. The maximum Gasteiger partial charge on any atom is 0.313 e. The lowest BCUT2D eigenvalue weighted by Gasteiger charge is -2.32. The zero-order chi connectivity index (χ0) is 18.4. The molecule has 2 aromatic rings. The van der Waals surface area contributed by atoms with Gasteiger partial charge in [0.25, 0.3) is 0 Å². The van der Waals surface area contributed by atoms with Crippen LogP contribution >= 0.6 is 11.6 Å². The van der Waals surface area contributed by atoms with Gasteiger partial charge in [0.05, 0.1) is 0 Å². The van der Waals surface area contributed by atoms with Crippen molar-refractivity contribution in [1.29, 1.82) is 0 Å². The molecule has 1 aliphatic heterocycles. The highest BCUT2D eigenvalue weighted by atomic mass is 35.5. The smallest absolute Gasteiger partial charge is 0.313 e. The van der Waals surface area contributed by atoms with Crippen molar-refractivity contribution in [3.8, 4) is 0 Å². The minimum absolute atomic E-state index is 0.0274. The fourth-order valence-electron chi connectivity index (χ4n) is 3.08. The summed E-state index contributed by atoms with van der Waals surface area (Å²) in [5.41, 5.74) is 1.80. The number of nitrogens with one attached hydrogen (secondary N) is 2. The molecule has 1 aliphatic rings. The number of nitrogens with zero attached hydrogens (tertiary/aromatic N) is 1. The van der Waals surface area contributed by atoms with Crippen LogP contribution < -0.4 is 10.6 Å². The van der Waals surface area contributed by atoms with Gasteiger partial charge < -0.3 is 10.6 Å². The fraction of sp³-hybridized carbons (Fsp3) is 0.300. The number of anilines is 1. The third-order valence-corrected chi connectivity index (χ3v) is 4.70. The number of likely N-dealkylation sites (tertiary alicyclic amines) is 1. The van der Waals surface area contributed by atoms with Crippen LogP contribution in [0, 0.1) is 0 Å². The summed E-state index contributed by atoms with van der Waals surface area (Å²) >= 11 is 5.88. The Morgan fingerprint density at radius 1 is 1.00 bits per heavy atom. The van der Waals surface area contributed by atoms with Gasteiger partial charge in [0.15, 0.2) is 0 Å². The Kier molecular flexibility index (Phi) is 6.26. The summed E-state index contributed by atoms with van der Waals surface area (Å²) in [5, 5.41) is 5.90. The van der Waals surface area contributed by atoms with Crippen LogP contribution in [0.15, 0.2) is 54.6 Å². The van der Waals surface area contributed by atoms with E-state index in [4.69, 9.17) is 11.6 Å². The second-order valence-corrected chi connectivity index (χ2v) is 6.91. The lowest BCUT2D eigenvalue weighted by atomic mass is 10.0. The van der Waals surface area contributed by atoms with E-state index >= 15 is 0 Å². The molecule has 0 atom stereocenters. The van der Waals surface area contributed by atoms with Crippen LogP contribution in [0.1, 0.15) is 18.4 Å². The Morgan fingerprint density at radius 3 is 2.42 bits per heavy atom. The van der Waals surface area contributed by atoms with Crippen molar-refractivity contribution in [2.24, 2.45) is 0 Å². The molecule has 0 spiro atoms. The Morgan fingerprint density at radius 2 is 1.73 bits per heavy atom. The van der Waals surface area contributed by atoms with Gasteiger partial charge in [-0.1, -0.05) is 48.0 Å². The van der Waals surface area contributed by atoms with Crippen LogP contribution in [0.25, 0.3) is 0 Å². The van der Waals surface area contributed by atoms with Crippen molar-refractivity contribution in [2.75, 3.05) is 18.4 Å². The van der Waals surface area contributed by atoms with Crippen LogP contribution in [-0.4, -0.2) is 35.8 Å². The quantitative estimate of drug-likeness (QED) is 0.812. The first-order valence-electron chi connectivity index (χ1n) is 8.74. The molecule has 3 rings (SSSR count). The number of hydrogen-bond acceptors (Lipinski definition) is 3.